The second-order valence-corrected chi connectivity index (χ2v) is 4.24. The lowest BCUT2D eigenvalue weighted by molar-refractivity contribution is 0.111. The second kappa shape index (κ2) is 8.28. The summed E-state index contributed by atoms with van der Waals surface area (Å²) in [5.74, 6) is 6.58. The van der Waals surface area contributed by atoms with Gasteiger partial charge in [0.15, 0.2) is 12.6 Å². The van der Waals surface area contributed by atoms with Crippen molar-refractivity contribution in [3.8, 4) is 23.3 Å². The maximum atomic E-state index is 10.8. The SMILES string of the molecule is O=Cc1ccccc1OCC#CCOc1ccccc1C=O. The molecule has 0 aliphatic carbocycles. The van der Waals surface area contributed by atoms with Crippen molar-refractivity contribution < 1.29 is 19.1 Å². The third-order valence-corrected chi connectivity index (χ3v) is 2.82. The van der Waals surface area contributed by atoms with Gasteiger partial charge >= 0.3 is 0 Å². The molecule has 0 bridgehead atoms. The van der Waals surface area contributed by atoms with Crippen molar-refractivity contribution in [2.24, 2.45) is 0 Å². The Bertz CT molecular complexity index is 651. The van der Waals surface area contributed by atoms with E-state index in [0.717, 1.165) is 12.6 Å². The summed E-state index contributed by atoms with van der Waals surface area (Å²) in [6, 6.07) is 13.9. The van der Waals surface area contributed by atoms with Gasteiger partial charge in [-0.25, -0.2) is 0 Å². The molecule has 0 radical (unpaired) electrons. The number of hydrogen-bond donors (Lipinski definition) is 0. The van der Waals surface area contributed by atoms with Crippen molar-refractivity contribution in [2.75, 3.05) is 13.2 Å². The first-order chi connectivity index (χ1) is 10.8. The first-order valence-electron chi connectivity index (χ1n) is 6.65. The highest BCUT2D eigenvalue weighted by molar-refractivity contribution is 5.79. The lowest BCUT2D eigenvalue weighted by atomic mass is 10.2. The van der Waals surface area contributed by atoms with Gasteiger partial charge in [-0.05, 0) is 24.3 Å². The van der Waals surface area contributed by atoms with Crippen LogP contribution in [0.2, 0.25) is 0 Å². The third-order valence-electron chi connectivity index (χ3n) is 2.82. The molecule has 0 saturated carbocycles. The van der Waals surface area contributed by atoms with Gasteiger partial charge in [-0.2, -0.15) is 0 Å². The summed E-state index contributed by atoms with van der Waals surface area (Å²) >= 11 is 0. The normalized spacial score (nSPS) is 9.27. The van der Waals surface area contributed by atoms with Crippen molar-refractivity contribution >= 4 is 12.6 Å². The molecule has 22 heavy (non-hydrogen) atoms. The molecule has 0 atom stereocenters. The molecule has 0 spiro atoms. The molecule has 0 heterocycles. The van der Waals surface area contributed by atoms with E-state index in [1.807, 2.05) is 0 Å². The number of carbonyl (C=O) groups excluding carboxylic acids is 2. The Balaban J connectivity index is 1.82. The molecule has 0 amide bonds. The smallest absolute Gasteiger partial charge is 0.153 e. The summed E-state index contributed by atoms with van der Waals surface area (Å²) in [5, 5.41) is 0. The molecule has 0 aliphatic rings. The number of rotatable bonds is 6. The van der Waals surface area contributed by atoms with Gasteiger partial charge in [0.25, 0.3) is 0 Å². The Morgan fingerprint density at radius 2 is 1.14 bits per heavy atom. The van der Waals surface area contributed by atoms with E-state index < -0.39 is 0 Å². The Morgan fingerprint density at radius 3 is 1.55 bits per heavy atom. The van der Waals surface area contributed by atoms with Gasteiger partial charge in [-0.15, -0.1) is 0 Å². The average molecular weight is 294 g/mol. The Morgan fingerprint density at radius 1 is 0.727 bits per heavy atom. The zero-order chi connectivity index (χ0) is 15.6. The summed E-state index contributed by atoms with van der Waals surface area (Å²) in [5.41, 5.74) is 0.973. The Hall–Kier alpha value is -3.06. The molecular formula is C18H14O4. The van der Waals surface area contributed by atoms with E-state index in [4.69, 9.17) is 9.47 Å². The van der Waals surface area contributed by atoms with E-state index in [-0.39, 0.29) is 13.2 Å². The van der Waals surface area contributed by atoms with Crippen LogP contribution >= 0.6 is 0 Å². The van der Waals surface area contributed by atoms with Gasteiger partial charge < -0.3 is 9.47 Å². The number of hydrogen-bond acceptors (Lipinski definition) is 4. The van der Waals surface area contributed by atoms with Crippen LogP contribution in [0.15, 0.2) is 48.5 Å². The highest BCUT2D eigenvalue weighted by atomic mass is 16.5. The summed E-state index contributed by atoms with van der Waals surface area (Å²) in [7, 11) is 0. The fourth-order valence-corrected chi connectivity index (χ4v) is 1.75. The largest absolute Gasteiger partial charge is 0.480 e. The predicted molar refractivity (Wildman–Crippen MR) is 82.4 cm³/mol. The predicted octanol–water partition coefficient (Wildman–Crippen LogP) is 2.77. The van der Waals surface area contributed by atoms with Crippen molar-refractivity contribution in [3.05, 3.63) is 59.7 Å². The van der Waals surface area contributed by atoms with E-state index in [1.165, 1.54) is 0 Å². The molecule has 0 fully saturated rings. The quantitative estimate of drug-likeness (QED) is 0.607. The minimum absolute atomic E-state index is 0.156. The first-order valence-corrected chi connectivity index (χ1v) is 6.65. The van der Waals surface area contributed by atoms with Gasteiger partial charge in [0, 0.05) is 0 Å². The van der Waals surface area contributed by atoms with Crippen LogP contribution in [0.4, 0.5) is 0 Å². The Kier molecular flexibility index (Phi) is 5.77. The number of aldehydes is 2. The molecular weight excluding hydrogens is 280 g/mol. The van der Waals surface area contributed by atoms with Crippen LogP contribution in [-0.2, 0) is 0 Å². The minimum atomic E-state index is 0.156. The van der Waals surface area contributed by atoms with Crippen LogP contribution in [0, 0.1) is 11.8 Å². The molecule has 2 aromatic rings. The van der Waals surface area contributed by atoms with Crippen LogP contribution in [0.1, 0.15) is 20.7 Å². The molecule has 110 valence electrons. The number of carbonyl (C=O) groups is 2. The summed E-state index contributed by atoms with van der Waals surface area (Å²) in [6.45, 7) is 0.313. The fourth-order valence-electron chi connectivity index (χ4n) is 1.75. The van der Waals surface area contributed by atoms with Gasteiger partial charge in [0.1, 0.15) is 24.7 Å². The molecule has 0 aromatic heterocycles. The number of para-hydroxylation sites is 2. The number of benzene rings is 2. The standard InChI is InChI=1S/C18H14O4/c19-13-15-7-1-3-9-17(15)21-11-5-6-12-22-18-10-4-2-8-16(18)14-20/h1-4,7-10,13-14H,11-12H2. The zero-order valence-corrected chi connectivity index (χ0v) is 11.8. The van der Waals surface area contributed by atoms with Crippen molar-refractivity contribution in [2.45, 2.75) is 0 Å². The van der Waals surface area contributed by atoms with Crippen molar-refractivity contribution in [1.29, 1.82) is 0 Å². The van der Waals surface area contributed by atoms with Crippen LogP contribution in [-0.4, -0.2) is 25.8 Å². The lowest BCUT2D eigenvalue weighted by Gasteiger charge is -2.04. The van der Waals surface area contributed by atoms with Gasteiger partial charge in [-0.1, -0.05) is 36.1 Å². The highest BCUT2D eigenvalue weighted by Gasteiger charge is 2.00. The van der Waals surface area contributed by atoms with E-state index >= 15 is 0 Å². The van der Waals surface area contributed by atoms with Crippen molar-refractivity contribution in [3.63, 3.8) is 0 Å². The van der Waals surface area contributed by atoms with E-state index in [2.05, 4.69) is 11.8 Å². The summed E-state index contributed by atoms with van der Waals surface area (Å²) in [6.07, 6.45) is 1.48. The summed E-state index contributed by atoms with van der Waals surface area (Å²) in [4.78, 5) is 21.6. The average Bonchev–Trinajstić information content (AvgIpc) is 2.58. The van der Waals surface area contributed by atoms with Crippen molar-refractivity contribution in [1.82, 2.24) is 0 Å². The maximum Gasteiger partial charge on any atom is 0.153 e. The zero-order valence-electron chi connectivity index (χ0n) is 11.8. The van der Waals surface area contributed by atoms with Crippen LogP contribution < -0.4 is 9.47 Å². The topological polar surface area (TPSA) is 52.6 Å². The molecule has 0 unspecified atom stereocenters. The van der Waals surface area contributed by atoms with Gasteiger partial charge in [0.2, 0.25) is 0 Å². The highest BCUT2D eigenvalue weighted by Crippen LogP contribution is 2.16. The molecule has 4 nitrogen and oxygen atoms in total. The van der Waals surface area contributed by atoms with Gasteiger partial charge in [-0.3, -0.25) is 9.59 Å². The minimum Gasteiger partial charge on any atom is -0.480 e. The molecule has 2 aromatic carbocycles. The molecule has 0 saturated heterocycles. The monoisotopic (exact) mass is 294 g/mol. The van der Waals surface area contributed by atoms with E-state index in [9.17, 15) is 9.59 Å². The second-order valence-electron chi connectivity index (χ2n) is 4.24. The van der Waals surface area contributed by atoms with Crippen LogP contribution in [0.3, 0.4) is 0 Å². The summed E-state index contributed by atoms with van der Waals surface area (Å²) < 4.78 is 10.8. The third kappa shape index (κ3) is 4.22. The molecule has 4 heteroatoms. The molecule has 2 rings (SSSR count). The van der Waals surface area contributed by atoms with Crippen LogP contribution in [0.5, 0.6) is 11.5 Å². The molecule has 0 N–H and O–H groups in total. The lowest BCUT2D eigenvalue weighted by Crippen LogP contribution is -2.00. The van der Waals surface area contributed by atoms with Crippen LogP contribution in [0.25, 0.3) is 0 Å². The van der Waals surface area contributed by atoms with Gasteiger partial charge in [0.05, 0.1) is 11.1 Å². The first kappa shape index (κ1) is 15.3. The van der Waals surface area contributed by atoms with E-state index in [0.29, 0.717) is 22.6 Å². The Labute approximate surface area is 128 Å². The fraction of sp³-hybridized carbons (Fsp3) is 0.111. The maximum absolute atomic E-state index is 10.8. The van der Waals surface area contributed by atoms with E-state index in [1.54, 1.807) is 48.5 Å². The number of ether oxygens (including phenoxy) is 2. The molecule has 0 aliphatic heterocycles.